The molecule has 1 aliphatic heterocycles. The summed E-state index contributed by atoms with van der Waals surface area (Å²) in [6.45, 7) is 4.38. The number of hydrogen-bond donors (Lipinski definition) is 1. The Kier molecular flexibility index (Phi) is 4.22. The molecule has 3 heteroatoms. The van der Waals surface area contributed by atoms with E-state index in [9.17, 15) is 4.79 Å². The van der Waals surface area contributed by atoms with Crippen LogP contribution >= 0.6 is 0 Å². The van der Waals surface area contributed by atoms with Crippen LogP contribution in [0.1, 0.15) is 39.0 Å². The summed E-state index contributed by atoms with van der Waals surface area (Å²) >= 11 is 0. The average molecular weight is 225 g/mol. The molecule has 1 saturated carbocycles. The molecule has 0 bridgehead atoms. The fraction of sp³-hybridized carbons (Fsp3) is 0.923. The van der Waals surface area contributed by atoms with Gasteiger partial charge in [0.25, 0.3) is 0 Å². The first-order chi connectivity index (χ1) is 7.83. The Labute approximate surface area is 97.9 Å². The molecule has 3 nitrogen and oxygen atoms in total. The number of piperidine rings is 1. The van der Waals surface area contributed by atoms with E-state index >= 15 is 0 Å². The summed E-state index contributed by atoms with van der Waals surface area (Å²) in [5.74, 6) is 1.47. The highest BCUT2D eigenvalue weighted by Crippen LogP contribution is 2.37. The van der Waals surface area contributed by atoms with Crippen molar-refractivity contribution < 1.29 is 9.53 Å². The number of nitrogens with one attached hydrogen (secondary N) is 1. The van der Waals surface area contributed by atoms with Gasteiger partial charge >= 0.3 is 5.97 Å². The number of esters is 1. The summed E-state index contributed by atoms with van der Waals surface area (Å²) in [7, 11) is 0. The van der Waals surface area contributed by atoms with Gasteiger partial charge in [0.2, 0.25) is 0 Å². The molecule has 92 valence electrons. The summed E-state index contributed by atoms with van der Waals surface area (Å²) in [6, 6.07) is 0. The van der Waals surface area contributed by atoms with Crippen LogP contribution < -0.4 is 5.32 Å². The molecular formula is C13H23NO2. The molecule has 0 spiro atoms. The summed E-state index contributed by atoms with van der Waals surface area (Å²) < 4.78 is 5.20. The zero-order chi connectivity index (χ0) is 11.4. The molecule has 1 saturated heterocycles. The first kappa shape index (κ1) is 11.9. The molecule has 1 N–H and O–H groups in total. The number of carbonyl (C=O) groups excluding carboxylic acids is 1. The Balaban J connectivity index is 1.98. The largest absolute Gasteiger partial charge is 0.466 e. The second-order valence-corrected chi connectivity index (χ2v) is 5.06. The van der Waals surface area contributed by atoms with Crippen LogP contribution in [0, 0.1) is 17.8 Å². The van der Waals surface area contributed by atoms with E-state index in [4.69, 9.17) is 4.74 Å². The predicted octanol–water partition coefficient (Wildman–Crippen LogP) is 1.97. The van der Waals surface area contributed by atoms with Crippen LogP contribution in [-0.4, -0.2) is 25.7 Å². The van der Waals surface area contributed by atoms with E-state index in [0.29, 0.717) is 12.5 Å². The maximum absolute atomic E-state index is 11.9. The van der Waals surface area contributed by atoms with Gasteiger partial charge in [0.1, 0.15) is 0 Å². The van der Waals surface area contributed by atoms with Crippen molar-refractivity contribution in [3.8, 4) is 0 Å². The highest BCUT2D eigenvalue weighted by molar-refractivity contribution is 5.73. The van der Waals surface area contributed by atoms with E-state index in [1.54, 1.807) is 0 Å². The Morgan fingerprint density at radius 3 is 2.75 bits per heavy atom. The first-order valence-electron chi connectivity index (χ1n) is 6.70. The van der Waals surface area contributed by atoms with Crippen molar-refractivity contribution in [3.05, 3.63) is 0 Å². The molecule has 0 aromatic rings. The number of ether oxygens (including phenoxy) is 1. The molecule has 0 unspecified atom stereocenters. The Morgan fingerprint density at radius 1 is 1.31 bits per heavy atom. The summed E-state index contributed by atoms with van der Waals surface area (Å²) in [5.41, 5.74) is 0. The van der Waals surface area contributed by atoms with E-state index in [1.807, 2.05) is 6.92 Å². The second-order valence-electron chi connectivity index (χ2n) is 5.06. The molecule has 2 aliphatic rings. The van der Waals surface area contributed by atoms with Crippen LogP contribution in [0.15, 0.2) is 0 Å². The van der Waals surface area contributed by atoms with Crippen molar-refractivity contribution in [1.29, 1.82) is 0 Å². The molecule has 2 rings (SSSR count). The normalized spacial score (nSPS) is 31.6. The fourth-order valence-electron chi connectivity index (χ4n) is 3.31. The molecule has 1 heterocycles. The van der Waals surface area contributed by atoms with Crippen LogP contribution in [0.3, 0.4) is 0 Å². The van der Waals surface area contributed by atoms with Gasteiger partial charge in [-0.15, -0.1) is 0 Å². The van der Waals surface area contributed by atoms with Crippen molar-refractivity contribution in [1.82, 2.24) is 5.32 Å². The van der Waals surface area contributed by atoms with Crippen LogP contribution in [0.2, 0.25) is 0 Å². The number of carbonyl (C=O) groups is 1. The van der Waals surface area contributed by atoms with Crippen molar-refractivity contribution in [3.63, 3.8) is 0 Å². The van der Waals surface area contributed by atoms with E-state index in [-0.39, 0.29) is 11.9 Å². The summed E-state index contributed by atoms with van der Waals surface area (Å²) in [4.78, 5) is 11.9. The zero-order valence-electron chi connectivity index (χ0n) is 10.2. The van der Waals surface area contributed by atoms with Gasteiger partial charge < -0.3 is 10.1 Å². The quantitative estimate of drug-likeness (QED) is 0.746. The molecule has 0 radical (unpaired) electrons. The van der Waals surface area contributed by atoms with Gasteiger partial charge in [-0.25, -0.2) is 0 Å². The molecule has 1 aliphatic carbocycles. The highest BCUT2D eigenvalue weighted by atomic mass is 16.5. The molecule has 0 aromatic carbocycles. The molecule has 2 atom stereocenters. The van der Waals surface area contributed by atoms with E-state index in [1.165, 1.54) is 25.7 Å². The van der Waals surface area contributed by atoms with Gasteiger partial charge in [-0.05, 0) is 38.3 Å². The van der Waals surface area contributed by atoms with Crippen molar-refractivity contribution in [2.24, 2.45) is 17.8 Å². The van der Waals surface area contributed by atoms with Gasteiger partial charge in [-0.3, -0.25) is 4.79 Å². The third-order valence-electron chi connectivity index (χ3n) is 4.12. The zero-order valence-corrected chi connectivity index (χ0v) is 10.2. The van der Waals surface area contributed by atoms with E-state index in [2.05, 4.69) is 5.32 Å². The van der Waals surface area contributed by atoms with Gasteiger partial charge in [0, 0.05) is 0 Å². The van der Waals surface area contributed by atoms with Crippen LogP contribution in [0.25, 0.3) is 0 Å². The average Bonchev–Trinajstić information content (AvgIpc) is 2.83. The number of rotatable bonds is 3. The molecule has 0 amide bonds. The fourth-order valence-corrected chi connectivity index (χ4v) is 3.31. The summed E-state index contributed by atoms with van der Waals surface area (Å²) in [6.07, 6.45) is 6.26. The first-order valence-corrected chi connectivity index (χ1v) is 6.70. The molecular weight excluding hydrogens is 202 g/mol. The topological polar surface area (TPSA) is 38.3 Å². The standard InChI is InChI=1S/C13H23NO2/c1-2-16-13(15)11-7-8-14-9-12(11)10-5-3-4-6-10/h10-12,14H,2-9H2,1H3/t11-,12-/m1/s1. The third kappa shape index (κ3) is 2.57. The van der Waals surface area contributed by atoms with Gasteiger partial charge in [0.05, 0.1) is 12.5 Å². The molecule has 0 aromatic heterocycles. The molecule has 16 heavy (non-hydrogen) atoms. The van der Waals surface area contributed by atoms with E-state index < -0.39 is 0 Å². The maximum atomic E-state index is 11.9. The lowest BCUT2D eigenvalue weighted by Crippen LogP contribution is -2.43. The molecule has 2 fully saturated rings. The Hall–Kier alpha value is -0.570. The SMILES string of the molecule is CCOC(=O)[C@@H]1CCNC[C@@H]1C1CCCC1. The Bertz CT molecular complexity index is 236. The minimum Gasteiger partial charge on any atom is -0.466 e. The second kappa shape index (κ2) is 5.67. The van der Waals surface area contributed by atoms with Crippen LogP contribution in [0.5, 0.6) is 0 Å². The van der Waals surface area contributed by atoms with Gasteiger partial charge in [-0.1, -0.05) is 25.7 Å². The highest BCUT2D eigenvalue weighted by Gasteiger charge is 2.37. The van der Waals surface area contributed by atoms with Crippen molar-refractivity contribution in [2.45, 2.75) is 39.0 Å². The van der Waals surface area contributed by atoms with Gasteiger partial charge in [-0.2, -0.15) is 0 Å². The predicted molar refractivity (Wildman–Crippen MR) is 63.1 cm³/mol. The van der Waals surface area contributed by atoms with Crippen molar-refractivity contribution in [2.75, 3.05) is 19.7 Å². The smallest absolute Gasteiger partial charge is 0.309 e. The lowest BCUT2D eigenvalue weighted by molar-refractivity contribution is -0.151. The summed E-state index contributed by atoms with van der Waals surface area (Å²) in [5, 5.41) is 3.43. The number of hydrogen-bond acceptors (Lipinski definition) is 3. The van der Waals surface area contributed by atoms with Crippen molar-refractivity contribution >= 4 is 5.97 Å². The van der Waals surface area contributed by atoms with Gasteiger partial charge in [0.15, 0.2) is 0 Å². The monoisotopic (exact) mass is 225 g/mol. The van der Waals surface area contributed by atoms with Crippen LogP contribution in [0.4, 0.5) is 0 Å². The van der Waals surface area contributed by atoms with Crippen LogP contribution in [-0.2, 0) is 9.53 Å². The maximum Gasteiger partial charge on any atom is 0.309 e. The lowest BCUT2D eigenvalue weighted by atomic mass is 9.77. The lowest BCUT2D eigenvalue weighted by Gasteiger charge is -2.34. The third-order valence-corrected chi connectivity index (χ3v) is 4.12. The Morgan fingerprint density at radius 2 is 2.06 bits per heavy atom. The van der Waals surface area contributed by atoms with E-state index in [0.717, 1.165) is 25.4 Å². The minimum atomic E-state index is 0.0425. The minimum absolute atomic E-state index is 0.0425.